The molecule has 6 heteroatoms. The predicted octanol–water partition coefficient (Wildman–Crippen LogP) is 3.45. The van der Waals surface area contributed by atoms with Crippen molar-refractivity contribution in [1.82, 2.24) is 5.32 Å². The Morgan fingerprint density at radius 1 is 1.08 bits per heavy atom. The van der Waals surface area contributed by atoms with Crippen molar-refractivity contribution in [3.05, 3.63) is 59.9 Å². The van der Waals surface area contributed by atoms with Crippen LogP contribution in [-0.4, -0.2) is 23.6 Å². The zero-order chi connectivity index (χ0) is 16.9. The Morgan fingerprint density at radius 3 is 2.46 bits per heavy atom. The van der Waals surface area contributed by atoms with Crippen LogP contribution in [0.15, 0.2) is 53.4 Å². The minimum atomic E-state index is -0.332. The van der Waals surface area contributed by atoms with E-state index < -0.39 is 0 Å². The van der Waals surface area contributed by atoms with E-state index in [0.29, 0.717) is 22.2 Å². The first-order chi connectivity index (χ1) is 11.6. The molecule has 0 aromatic heterocycles. The van der Waals surface area contributed by atoms with E-state index in [4.69, 9.17) is 0 Å². The molecule has 0 saturated heterocycles. The molecule has 0 unspecified atom stereocenters. The number of amides is 2. The summed E-state index contributed by atoms with van der Waals surface area (Å²) in [5, 5.41) is 5.65. The first-order valence-electron chi connectivity index (χ1n) is 7.70. The van der Waals surface area contributed by atoms with Crippen molar-refractivity contribution in [1.29, 1.82) is 0 Å². The fourth-order valence-electron chi connectivity index (χ4n) is 2.10. The lowest BCUT2D eigenvalue weighted by atomic mass is 10.2. The van der Waals surface area contributed by atoms with E-state index in [1.165, 1.54) is 6.07 Å². The monoisotopic (exact) mass is 344 g/mol. The van der Waals surface area contributed by atoms with Crippen LogP contribution in [0.25, 0.3) is 0 Å². The summed E-state index contributed by atoms with van der Waals surface area (Å²) in [6.45, 7) is 0. The number of benzene rings is 2. The zero-order valence-corrected chi connectivity index (χ0v) is 13.7. The van der Waals surface area contributed by atoms with Crippen LogP contribution in [-0.2, 0) is 4.79 Å². The van der Waals surface area contributed by atoms with Gasteiger partial charge in [0.25, 0.3) is 5.91 Å². The van der Waals surface area contributed by atoms with Crippen LogP contribution < -0.4 is 10.6 Å². The lowest BCUT2D eigenvalue weighted by molar-refractivity contribution is -0.113. The van der Waals surface area contributed by atoms with Gasteiger partial charge in [0, 0.05) is 22.2 Å². The Morgan fingerprint density at radius 2 is 1.79 bits per heavy atom. The van der Waals surface area contributed by atoms with Gasteiger partial charge >= 0.3 is 0 Å². The van der Waals surface area contributed by atoms with Gasteiger partial charge in [-0.2, -0.15) is 0 Å². The highest BCUT2D eigenvalue weighted by molar-refractivity contribution is 8.00. The maximum absolute atomic E-state index is 13.5. The lowest BCUT2D eigenvalue weighted by Gasteiger charge is -2.07. The summed E-state index contributed by atoms with van der Waals surface area (Å²) in [4.78, 5) is 24.3. The molecule has 1 aliphatic rings. The molecule has 2 amide bonds. The van der Waals surface area contributed by atoms with Gasteiger partial charge in [0.1, 0.15) is 5.82 Å². The molecule has 1 aliphatic carbocycles. The maximum atomic E-state index is 13.5. The van der Waals surface area contributed by atoms with Crippen molar-refractivity contribution in [2.75, 3.05) is 11.1 Å². The summed E-state index contributed by atoms with van der Waals surface area (Å²) in [6.07, 6.45) is 2.08. The third-order valence-corrected chi connectivity index (χ3v) is 4.59. The van der Waals surface area contributed by atoms with Crippen molar-refractivity contribution < 1.29 is 14.0 Å². The number of halogens is 1. The molecule has 4 nitrogen and oxygen atoms in total. The number of rotatable bonds is 6. The Bertz CT molecular complexity index is 745. The molecule has 1 saturated carbocycles. The molecule has 0 atom stereocenters. The van der Waals surface area contributed by atoms with Crippen LogP contribution in [0.2, 0.25) is 0 Å². The van der Waals surface area contributed by atoms with Crippen molar-refractivity contribution in [3.8, 4) is 0 Å². The summed E-state index contributed by atoms with van der Waals surface area (Å²) < 4.78 is 13.5. The molecule has 124 valence electrons. The van der Waals surface area contributed by atoms with E-state index in [9.17, 15) is 14.0 Å². The molecule has 0 bridgehead atoms. The first-order valence-corrected chi connectivity index (χ1v) is 8.68. The van der Waals surface area contributed by atoms with E-state index in [1.807, 2.05) is 0 Å². The lowest BCUT2D eigenvalue weighted by Crippen LogP contribution is -2.25. The van der Waals surface area contributed by atoms with Crippen molar-refractivity contribution in [2.24, 2.45) is 0 Å². The molecular formula is C18H17FN2O2S. The van der Waals surface area contributed by atoms with Gasteiger partial charge in [0.15, 0.2) is 0 Å². The average molecular weight is 344 g/mol. The van der Waals surface area contributed by atoms with Gasteiger partial charge in [0.2, 0.25) is 5.91 Å². The quantitative estimate of drug-likeness (QED) is 0.789. The van der Waals surface area contributed by atoms with E-state index in [0.717, 1.165) is 24.6 Å². The fourth-order valence-corrected chi connectivity index (χ4v) is 2.84. The topological polar surface area (TPSA) is 58.2 Å². The van der Waals surface area contributed by atoms with E-state index >= 15 is 0 Å². The van der Waals surface area contributed by atoms with Gasteiger partial charge < -0.3 is 10.6 Å². The Kier molecular flexibility index (Phi) is 5.15. The second-order valence-corrected chi connectivity index (χ2v) is 6.61. The van der Waals surface area contributed by atoms with Crippen molar-refractivity contribution in [3.63, 3.8) is 0 Å². The van der Waals surface area contributed by atoms with Crippen LogP contribution in [0.5, 0.6) is 0 Å². The minimum absolute atomic E-state index is 0.0921. The smallest absolute Gasteiger partial charge is 0.251 e. The van der Waals surface area contributed by atoms with Crippen LogP contribution in [0, 0.1) is 5.82 Å². The van der Waals surface area contributed by atoms with Gasteiger partial charge in [-0.25, -0.2) is 4.39 Å². The van der Waals surface area contributed by atoms with Crippen LogP contribution in [0.3, 0.4) is 0 Å². The zero-order valence-electron chi connectivity index (χ0n) is 12.9. The molecule has 2 N–H and O–H groups in total. The minimum Gasteiger partial charge on any atom is -0.349 e. The third-order valence-electron chi connectivity index (χ3n) is 3.54. The summed E-state index contributed by atoms with van der Waals surface area (Å²) in [6, 6.07) is 13.4. The van der Waals surface area contributed by atoms with Crippen molar-refractivity contribution in [2.45, 2.75) is 23.8 Å². The standard InChI is InChI=1S/C18H17FN2O2S/c19-15-3-1-2-4-16(15)24-11-17(22)20-13-7-5-12(6-8-13)18(23)21-14-9-10-14/h1-8,14H,9-11H2,(H,20,22)(H,21,23). The highest BCUT2D eigenvalue weighted by atomic mass is 32.2. The van der Waals surface area contributed by atoms with Crippen LogP contribution in [0.4, 0.5) is 10.1 Å². The molecule has 0 heterocycles. The summed E-state index contributed by atoms with van der Waals surface area (Å²) >= 11 is 1.15. The number of hydrogen-bond acceptors (Lipinski definition) is 3. The fraction of sp³-hybridized carbons (Fsp3) is 0.222. The molecule has 1 fully saturated rings. The summed E-state index contributed by atoms with van der Waals surface area (Å²) in [5.74, 6) is -0.532. The molecule has 24 heavy (non-hydrogen) atoms. The number of thioether (sulfide) groups is 1. The molecule has 0 radical (unpaired) electrons. The van der Waals surface area contributed by atoms with E-state index in [-0.39, 0.29) is 23.4 Å². The Hall–Kier alpha value is -2.34. The number of anilines is 1. The molecule has 2 aromatic carbocycles. The van der Waals surface area contributed by atoms with Gasteiger partial charge in [-0.1, -0.05) is 12.1 Å². The second-order valence-electron chi connectivity index (χ2n) is 5.59. The van der Waals surface area contributed by atoms with Gasteiger partial charge in [-0.15, -0.1) is 11.8 Å². The van der Waals surface area contributed by atoms with Gasteiger partial charge in [-0.3, -0.25) is 9.59 Å². The summed E-state index contributed by atoms with van der Waals surface area (Å²) in [5.41, 5.74) is 1.18. The molecular weight excluding hydrogens is 327 g/mol. The molecule has 0 spiro atoms. The maximum Gasteiger partial charge on any atom is 0.251 e. The van der Waals surface area contributed by atoms with Gasteiger partial charge in [0.05, 0.1) is 5.75 Å². The normalized spacial score (nSPS) is 13.4. The average Bonchev–Trinajstić information content (AvgIpc) is 3.39. The van der Waals surface area contributed by atoms with Crippen LogP contribution in [0.1, 0.15) is 23.2 Å². The van der Waals surface area contributed by atoms with Crippen LogP contribution >= 0.6 is 11.8 Å². The Labute approximate surface area is 143 Å². The summed E-state index contributed by atoms with van der Waals surface area (Å²) in [7, 11) is 0. The largest absolute Gasteiger partial charge is 0.349 e. The SMILES string of the molecule is O=C(CSc1ccccc1F)Nc1ccc(C(=O)NC2CC2)cc1. The van der Waals surface area contributed by atoms with E-state index in [1.54, 1.807) is 42.5 Å². The Balaban J connectivity index is 1.50. The van der Waals surface area contributed by atoms with Crippen molar-refractivity contribution >= 4 is 29.3 Å². The van der Waals surface area contributed by atoms with E-state index in [2.05, 4.69) is 10.6 Å². The molecule has 2 aromatic rings. The number of hydrogen-bond donors (Lipinski definition) is 2. The molecule has 0 aliphatic heterocycles. The first kappa shape index (κ1) is 16.5. The predicted molar refractivity (Wildman–Crippen MR) is 92.7 cm³/mol. The third kappa shape index (κ3) is 4.58. The highest BCUT2D eigenvalue weighted by Gasteiger charge is 2.23. The molecule has 3 rings (SSSR count). The number of nitrogens with one attached hydrogen (secondary N) is 2. The number of carbonyl (C=O) groups excluding carboxylic acids is 2. The number of carbonyl (C=O) groups is 2. The highest BCUT2D eigenvalue weighted by Crippen LogP contribution is 2.22. The van der Waals surface area contributed by atoms with Gasteiger partial charge in [-0.05, 0) is 49.2 Å². The second kappa shape index (κ2) is 7.49.